The van der Waals surface area contributed by atoms with Crippen molar-refractivity contribution in [3.8, 4) is 0 Å². The fraction of sp³-hybridized carbons (Fsp3) is 0.524. The van der Waals surface area contributed by atoms with Crippen molar-refractivity contribution >= 4 is 22.7 Å². The maximum absolute atomic E-state index is 14.0. The summed E-state index contributed by atoms with van der Waals surface area (Å²) >= 11 is 0. The minimum absolute atomic E-state index is 0.0241. The molecule has 2 aliphatic rings. The Hall–Kier alpha value is -2.41. The number of rotatable bonds is 3. The van der Waals surface area contributed by atoms with Crippen LogP contribution in [0.4, 0.5) is 4.39 Å². The summed E-state index contributed by atoms with van der Waals surface area (Å²) in [5, 5.41) is 3.53. The van der Waals surface area contributed by atoms with Gasteiger partial charge in [0.25, 0.3) is 5.91 Å². The summed E-state index contributed by atoms with van der Waals surface area (Å²) in [6, 6.07) is 4.91. The van der Waals surface area contributed by atoms with Crippen LogP contribution in [0.2, 0.25) is 0 Å². The van der Waals surface area contributed by atoms with E-state index in [1.165, 1.54) is 6.07 Å². The van der Waals surface area contributed by atoms with Crippen LogP contribution in [-0.2, 0) is 4.79 Å². The van der Waals surface area contributed by atoms with Gasteiger partial charge in [-0.05, 0) is 57.4 Å². The Balaban J connectivity index is 1.44. The first-order valence-electron chi connectivity index (χ1n) is 9.99. The van der Waals surface area contributed by atoms with Crippen molar-refractivity contribution in [3.05, 3.63) is 35.3 Å². The van der Waals surface area contributed by atoms with Crippen LogP contribution in [0, 0.1) is 12.7 Å². The summed E-state index contributed by atoms with van der Waals surface area (Å²) in [7, 11) is 1.96. The molecule has 2 atom stereocenters. The van der Waals surface area contributed by atoms with Crippen LogP contribution >= 0.6 is 0 Å². The van der Waals surface area contributed by atoms with E-state index < -0.39 is 0 Å². The van der Waals surface area contributed by atoms with E-state index in [2.05, 4.69) is 10.3 Å². The number of fused-ring (bicyclic) bond motifs is 1. The maximum atomic E-state index is 14.0. The van der Waals surface area contributed by atoms with Gasteiger partial charge in [-0.15, -0.1) is 0 Å². The van der Waals surface area contributed by atoms with Gasteiger partial charge in [-0.1, -0.05) is 6.07 Å². The number of H-pyrrole nitrogens is 1. The van der Waals surface area contributed by atoms with Crippen LogP contribution in [0.15, 0.2) is 18.2 Å². The third kappa shape index (κ3) is 3.63. The van der Waals surface area contributed by atoms with Crippen LogP contribution < -0.4 is 5.32 Å². The van der Waals surface area contributed by atoms with Crippen molar-refractivity contribution in [1.82, 2.24) is 20.1 Å². The lowest BCUT2D eigenvalue weighted by molar-refractivity contribution is -0.138. The molecule has 1 saturated carbocycles. The van der Waals surface area contributed by atoms with Crippen LogP contribution in [0.3, 0.4) is 0 Å². The van der Waals surface area contributed by atoms with E-state index in [0.717, 1.165) is 44.3 Å². The first kappa shape index (κ1) is 18.9. The zero-order valence-electron chi connectivity index (χ0n) is 16.4. The Bertz CT molecular complexity index is 870. The van der Waals surface area contributed by atoms with E-state index in [4.69, 9.17) is 0 Å². The number of piperazine rings is 1. The first-order chi connectivity index (χ1) is 13.4. The summed E-state index contributed by atoms with van der Waals surface area (Å²) in [6.45, 7) is 3.99. The van der Waals surface area contributed by atoms with E-state index in [9.17, 15) is 14.0 Å². The number of amides is 2. The molecule has 1 aliphatic heterocycles. The molecule has 2 aromatic rings. The second kappa shape index (κ2) is 7.54. The molecule has 4 rings (SSSR count). The quantitative estimate of drug-likeness (QED) is 0.851. The number of hydrogen-bond acceptors (Lipinski definition) is 3. The number of aryl methyl sites for hydroxylation is 1. The molecule has 2 heterocycles. The molecule has 1 aromatic carbocycles. The van der Waals surface area contributed by atoms with Gasteiger partial charge in [-0.25, -0.2) is 4.39 Å². The Morgan fingerprint density at radius 3 is 2.86 bits per heavy atom. The molecule has 2 amide bonds. The number of aromatic amines is 1. The summed E-state index contributed by atoms with van der Waals surface area (Å²) in [6.07, 6.45) is 3.64. The van der Waals surface area contributed by atoms with Crippen LogP contribution in [0.1, 0.15) is 41.7 Å². The topological polar surface area (TPSA) is 68.4 Å². The Kier molecular flexibility index (Phi) is 5.10. The third-order valence-electron chi connectivity index (χ3n) is 6.06. The van der Waals surface area contributed by atoms with Crippen molar-refractivity contribution in [2.24, 2.45) is 0 Å². The average molecular weight is 386 g/mol. The molecule has 28 heavy (non-hydrogen) atoms. The molecule has 7 heteroatoms. The Morgan fingerprint density at radius 2 is 2.11 bits per heavy atom. The van der Waals surface area contributed by atoms with E-state index in [0.29, 0.717) is 23.1 Å². The normalized spacial score (nSPS) is 24.0. The van der Waals surface area contributed by atoms with E-state index in [1.54, 1.807) is 12.1 Å². The zero-order valence-corrected chi connectivity index (χ0v) is 16.4. The van der Waals surface area contributed by atoms with E-state index >= 15 is 0 Å². The fourth-order valence-electron chi connectivity index (χ4n) is 4.48. The molecule has 6 nitrogen and oxygen atoms in total. The van der Waals surface area contributed by atoms with Gasteiger partial charge in [0.1, 0.15) is 11.5 Å². The van der Waals surface area contributed by atoms with Crippen LogP contribution in [-0.4, -0.2) is 65.4 Å². The predicted molar refractivity (Wildman–Crippen MR) is 106 cm³/mol. The van der Waals surface area contributed by atoms with E-state index in [1.807, 2.05) is 23.8 Å². The number of halogens is 1. The molecule has 0 bridgehead atoms. The van der Waals surface area contributed by atoms with Crippen molar-refractivity contribution in [3.63, 3.8) is 0 Å². The molecule has 1 aromatic heterocycles. The molecule has 2 fully saturated rings. The summed E-state index contributed by atoms with van der Waals surface area (Å²) in [5.74, 6) is -0.375. The highest BCUT2D eigenvalue weighted by atomic mass is 19.1. The monoisotopic (exact) mass is 386 g/mol. The van der Waals surface area contributed by atoms with Crippen LogP contribution in [0.5, 0.6) is 0 Å². The number of nitrogens with zero attached hydrogens (tertiary/aromatic N) is 2. The second-order valence-corrected chi connectivity index (χ2v) is 8.15. The third-order valence-corrected chi connectivity index (χ3v) is 6.06. The SMILES string of the molecule is Cc1ccc(F)c2cc(C(=O)N[C@@H]3CCCC(N4CCN(C)CC4=O)C3)[nH]c12. The molecule has 150 valence electrons. The zero-order chi connectivity index (χ0) is 19.8. The fourth-order valence-corrected chi connectivity index (χ4v) is 4.48. The smallest absolute Gasteiger partial charge is 0.267 e. The largest absolute Gasteiger partial charge is 0.350 e. The lowest BCUT2D eigenvalue weighted by Gasteiger charge is -2.41. The number of likely N-dealkylation sites (N-methyl/N-ethyl adjacent to an activating group) is 1. The minimum Gasteiger partial charge on any atom is -0.350 e. The molecule has 1 aliphatic carbocycles. The molecule has 1 unspecified atom stereocenters. The predicted octanol–water partition coefficient (Wildman–Crippen LogP) is 2.43. The highest BCUT2D eigenvalue weighted by Gasteiger charge is 2.32. The summed E-state index contributed by atoms with van der Waals surface area (Å²) < 4.78 is 14.0. The second-order valence-electron chi connectivity index (χ2n) is 8.15. The molecule has 2 N–H and O–H groups in total. The minimum atomic E-state index is -0.331. The number of aromatic nitrogens is 1. The Labute approximate surface area is 164 Å². The van der Waals surface area contributed by atoms with E-state index in [-0.39, 0.29) is 29.7 Å². The number of benzene rings is 1. The van der Waals surface area contributed by atoms with Crippen molar-refractivity contribution in [2.75, 3.05) is 26.7 Å². The standard InChI is InChI=1S/C21H27FN4O2/c1-13-6-7-17(22)16-11-18(24-20(13)16)21(28)23-14-4-3-5-15(10-14)26-9-8-25(2)12-19(26)27/h6-7,11,14-15,24H,3-5,8-10,12H2,1-2H3,(H,23,28)/t14-,15?/m1/s1. The van der Waals surface area contributed by atoms with Gasteiger partial charge in [0.05, 0.1) is 12.1 Å². The van der Waals surface area contributed by atoms with Crippen LogP contribution in [0.25, 0.3) is 10.9 Å². The molecule has 0 radical (unpaired) electrons. The Morgan fingerprint density at radius 1 is 1.29 bits per heavy atom. The molecular formula is C21H27FN4O2. The number of carbonyl (C=O) groups is 2. The van der Waals surface area contributed by atoms with Gasteiger partial charge >= 0.3 is 0 Å². The lowest BCUT2D eigenvalue weighted by Crippen LogP contribution is -2.55. The van der Waals surface area contributed by atoms with Gasteiger partial charge in [0.15, 0.2) is 0 Å². The maximum Gasteiger partial charge on any atom is 0.267 e. The molecule has 1 saturated heterocycles. The number of hydrogen-bond donors (Lipinski definition) is 2. The highest BCUT2D eigenvalue weighted by molar-refractivity contribution is 5.99. The van der Waals surface area contributed by atoms with Gasteiger partial charge in [0.2, 0.25) is 5.91 Å². The first-order valence-corrected chi connectivity index (χ1v) is 9.99. The summed E-state index contributed by atoms with van der Waals surface area (Å²) in [4.78, 5) is 32.2. The highest BCUT2D eigenvalue weighted by Crippen LogP contribution is 2.26. The van der Waals surface area contributed by atoms with Crippen molar-refractivity contribution in [2.45, 2.75) is 44.7 Å². The van der Waals surface area contributed by atoms with Gasteiger partial charge in [-0.2, -0.15) is 0 Å². The molecular weight excluding hydrogens is 359 g/mol. The molecule has 0 spiro atoms. The lowest BCUT2D eigenvalue weighted by atomic mass is 9.89. The number of nitrogens with one attached hydrogen (secondary N) is 2. The summed E-state index contributed by atoms with van der Waals surface area (Å²) in [5.41, 5.74) is 1.94. The average Bonchev–Trinajstić information content (AvgIpc) is 3.12. The van der Waals surface area contributed by atoms with Gasteiger partial charge in [-0.3, -0.25) is 14.5 Å². The number of carbonyl (C=O) groups excluding carboxylic acids is 2. The van der Waals surface area contributed by atoms with Gasteiger partial charge < -0.3 is 15.2 Å². The van der Waals surface area contributed by atoms with Crippen molar-refractivity contribution < 1.29 is 14.0 Å². The van der Waals surface area contributed by atoms with Crippen molar-refractivity contribution in [1.29, 1.82) is 0 Å². The van der Waals surface area contributed by atoms with Gasteiger partial charge in [0, 0.05) is 30.6 Å².